The summed E-state index contributed by atoms with van der Waals surface area (Å²) in [5.41, 5.74) is 4.78. The average molecular weight is 338 g/mol. The maximum Gasteiger partial charge on any atom is 0.225 e. The SMILES string of the molecule is NC(=O)C1(CNC(=O)CCCOc2ccc(F)cc2)CCOCC1. The molecule has 3 N–H and O–H groups in total. The third kappa shape index (κ3) is 5.19. The van der Waals surface area contributed by atoms with E-state index < -0.39 is 11.3 Å². The summed E-state index contributed by atoms with van der Waals surface area (Å²) < 4.78 is 23.4. The fraction of sp³-hybridized carbons (Fsp3) is 0.529. The Hall–Kier alpha value is -2.15. The third-order valence-electron chi connectivity index (χ3n) is 4.23. The van der Waals surface area contributed by atoms with E-state index in [1.54, 1.807) is 0 Å². The van der Waals surface area contributed by atoms with Crippen LogP contribution in [0.2, 0.25) is 0 Å². The molecule has 0 atom stereocenters. The molecule has 0 bridgehead atoms. The molecule has 24 heavy (non-hydrogen) atoms. The molecule has 0 radical (unpaired) electrons. The fourth-order valence-electron chi connectivity index (χ4n) is 2.58. The van der Waals surface area contributed by atoms with Gasteiger partial charge in [0, 0.05) is 26.2 Å². The number of primary amides is 1. The Kier molecular flexibility index (Phi) is 6.54. The molecule has 1 heterocycles. The molecule has 0 aliphatic carbocycles. The monoisotopic (exact) mass is 338 g/mol. The van der Waals surface area contributed by atoms with Crippen molar-refractivity contribution >= 4 is 11.8 Å². The van der Waals surface area contributed by atoms with Gasteiger partial charge in [0.25, 0.3) is 0 Å². The molecule has 1 aliphatic rings. The lowest BCUT2D eigenvalue weighted by atomic mass is 9.79. The molecule has 2 rings (SSSR count). The van der Waals surface area contributed by atoms with Crippen molar-refractivity contribution in [1.29, 1.82) is 0 Å². The van der Waals surface area contributed by atoms with Crippen LogP contribution < -0.4 is 15.8 Å². The number of hydrogen-bond acceptors (Lipinski definition) is 4. The Balaban J connectivity index is 1.67. The number of halogens is 1. The molecule has 1 aromatic carbocycles. The van der Waals surface area contributed by atoms with E-state index in [1.807, 2.05) is 0 Å². The predicted molar refractivity (Wildman–Crippen MR) is 85.8 cm³/mol. The summed E-state index contributed by atoms with van der Waals surface area (Å²) in [6.07, 6.45) is 1.86. The van der Waals surface area contributed by atoms with Crippen LogP contribution in [0.25, 0.3) is 0 Å². The standard InChI is InChI=1S/C17H23FN2O4/c18-13-3-5-14(6-4-13)24-9-1-2-15(21)20-12-17(16(19)22)7-10-23-11-8-17/h3-6H,1-2,7-12H2,(H2,19,22)(H,20,21). The first-order valence-corrected chi connectivity index (χ1v) is 8.05. The van der Waals surface area contributed by atoms with Crippen LogP contribution in [0.15, 0.2) is 24.3 Å². The Morgan fingerprint density at radius 3 is 2.54 bits per heavy atom. The first kappa shape index (κ1) is 18.2. The van der Waals surface area contributed by atoms with Crippen molar-refractivity contribution in [3.05, 3.63) is 30.1 Å². The van der Waals surface area contributed by atoms with Crippen molar-refractivity contribution in [3.8, 4) is 5.75 Å². The van der Waals surface area contributed by atoms with Crippen LogP contribution in [0.1, 0.15) is 25.7 Å². The molecule has 1 aliphatic heterocycles. The van der Waals surface area contributed by atoms with Crippen LogP contribution in [-0.2, 0) is 14.3 Å². The highest BCUT2D eigenvalue weighted by atomic mass is 19.1. The third-order valence-corrected chi connectivity index (χ3v) is 4.23. The van der Waals surface area contributed by atoms with Crippen molar-refractivity contribution in [3.63, 3.8) is 0 Å². The normalized spacial score (nSPS) is 16.4. The van der Waals surface area contributed by atoms with Crippen LogP contribution in [0.4, 0.5) is 4.39 Å². The zero-order valence-electron chi connectivity index (χ0n) is 13.6. The second-order valence-electron chi connectivity index (χ2n) is 5.94. The number of carbonyl (C=O) groups is 2. The first-order valence-electron chi connectivity index (χ1n) is 8.05. The number of benzene rings is 1. The predicted octanol–water partition coefficient (Wildman–Crippen LogP) is 1.38. The van der Waals surface area contributed by atoms with E-state index in [1.165, 1.54) is 24.3 Å². The summed E-state index contributed by atoms with van der Waals surface area (Å²) in [4.78, 5) is 23.6. The van der Waals surface area contributed by atoms with Gasteiger partial charge in [-0.15, -0.1) is 0 Å². The van der Waals surface area contributed by atoms with Gasteiger partial charge in [-0.3, -0.25) is 9.59 Å². The van der Waals surface area contributed by atoms with Gasteiger partial charge in [0.2, 0.25) is 11.8 Å². The highest BCUT2D eigenvalue weighted by Gasteiger charge is 2.38. The summed E-state index contributed by atoms with van der Waals surface area (Å²) in [5.74, 6) is -0.305. The van der Waals surface area contributed by atoms with E-state index in [9.17, 15) is 14.0 Å². The number of rotatable bonds is 8. The molecule has 1 fully saturated rings. The number of ether oxygens (including phenoxy) is 2. The van der Waals surface area contributed by atoms with Crippen molar-refractivity contribution < 1.29 is 23.5 Å². The average Bonchev–Trinajstić information content (AvgIpc) is 2.59. The van der Waals surface area contributed by atoms with E-state index >= 15 is 0 Å². The van der Waals surface area contributed by atoms with E-state index in [0.717, 1.165) is 0 Å². The smallest absolute Gasteiger partial charge is 0.225 e. The summed E-state index contributed by atoms with van der Waals surface area (Å²) in [6, 6.07) is 5.72. The van der Waals surface area contributed by atoms with Crippen LogP contribution >= 0.6 is 0 Å². The van der Waals surface area contributed by atoms with Gasteiger partial charge in [0.1, 0.15) is 11.6 Å². The Morgan fingerprint density at radius 2 is 1.92 bits per heavy atom. The van der Waals surface area contributed by atoms with Gasteiger partial charge >= 0.3 is 0 Å². The maximum absolute atomic E-state index is 12.8. The minimum absolute atomic E-state index is 0.148. The first-order chi connectivity index (χ1) is 11.5. The lowest BCUT2D eigenvalue weighted by Gasteiger charge is -2.34. The molecule has 0 spiro atoms. The van der Waals surface area contributed by atoms with Crippen LogP contribution in [0.5, 0.6) is 5.75 Å². The minimum Gasteiger partial charge on any atom is -0.494 e. The number of carbonyl (C=O) groups excluding carboxylic acids is 2. The molecule has 7 heteroatoms. The Bertz CT molecular complexity index is 556. The fourth-order valence-corrected chi connectivity index (χ4v) is 2.58. The number of hydrogen-bond donors (Lipinski definition) is 2. The van der Waals surface area contributed by atoms with Crippen molar-refractivity contribution in [2.24, 2.45) is 11.1 Å². The molecular weight excluding hydrogens is 315 g/mol. The van der Waals surface area contributed by atoms with Gasteiger partial charge in [-0.05, 0) is 43.5 Å². The zero-order chi connectivity index (χ0) is 17.4. The molecular formula is C17H23FN2O4. The molecule has 1 saturated heterocycles. The molecule has 0 aromatic heterocycles. The minimum atomic E-state index is -0.710. The van der Waals surface area contributed by atoms with Gasteiger partial charge in [-0.25, -0.2) is 4.39 Å². The molecule has 0 unspecified atom stereocenters. The van der Waals surface area contributed by atoms with E-state index in [2.05, 4.69) is 5.32 Å². The molecule has 1 aromatic rings. The lowest BCUT2D eigenvalue weighted by Crippen LogP contribution is -2.49. The second-order valence-corrected chi connectivity index (χ2v) is 5.94. The molecule has 6 nitrogen and oxygen atoms in total. The van der Waals surface area contributed by atoms with Crippen LogP contribution in [0, 0.1) is 11.2 Å². The maximum atomic E-state index is 12.8. The van der Waals surface area contributed by atoms with Gasteiger partial charge in [-0.1, -0.05) is 0 Å². The summed E-state index contributed by atoms with van der Waals surface area (Å²) in [7, 11) is 0. The zero-order valence-corrected chi connectivity index (χ0v) is 13.6. The van der Waals surface area contributed by atoms with Gasteiger partial charge < -0.3 is 20.5 Å². The second kappa shape index (κ2) is 8.63. The summed E-state index contributed by atoms with van der Waals surface area (Å²) >= 11 is 0. The van der Waals surface area contributed by atoms with Crippen LogP contribution in [0.3, 0.4) is 0 Å². The van der Waals surface area contributed by atoms with E-state index in [4.69, 9.17) is 15.2 Å². The number of nitrogens with one attached hydrogen (secondary N) is 1. The highest BCUT2D eigenvalue weighted by Crippen LogP contribution is 2.29. The van der Waals surface area contributed by atoms with Crippen LogP contribution in [-0.4, -0.2) is 38.2 Å². The van der Waals surface area contributed by atoms with Crippen molar-refractivity contribution in [2.45, 2.75) is 25.7 Å². The Labute approximate surface area is 140 Å². The lowest BCUT2D eigenvalue weighted by molar-refractivity contribution is -0.134. The summed E-state index contributed by atoms with van der Waals surface area (Å²) in [6.45, 7) is 1.55. The molecule has 2 amide bonds. The van der Waals surface area contributed by atoms with E-state index in [-0.39, 0.29) is 24.7 Å². The largest absolute Gasteiger partial charge is 0.494 e. The van der Waals surface area contributed by atoms with Gasteiger partial charge in [0.15, 0.2) is 0 Å². The number of nitrogens with two attached hydrogens (primary N) is 1. The van der Waals surface area contributed by atoms with Gasteiger partial charge in [0.05, 0.1) is 12.0 Å². The highest BCUT2D eigenvalue weighted by molar-refractivity contribution is 5.82. The van der Waals surface area contributed by atoms with E-state index in [0.29, 0.717) is 44.8 Å². The van der Waals surface area contributed by atoms with Crippen molar-refractivity contribution in [2.75, 3.05) is 26.4 Å². The Morgan fingerprint density at radius 1 is 1.25 bits per heavy atom. The number of amides is 2. The van der Waals surface area contributed by atoms with Crippen molar-refractivity contribution in [1.82, 2.24) is 5.32 Å². The topological polar surface area (TPSA) is 90.7 Å². The molecule has 132 valence electrons. The molecule has 0 saturated carbocycles. The quantitative estimate of drug-likeness (QED) is 0.701. The van der Waals surface area contributed by atoms with Gasteiger partial charge in [-0.2, -0.15) is 0 Å². The summed E-state index contributed by atoms with van der Waals surface area (Å²) in [5, 5.41) is 2.78.